The second-order valence-electron chi connectivity index (χ2n) is 6.80. The second-order valence-corrected chi connectivity index (χ2v) is 8.79. The molecule has 0 unspecified atom stereocenters. The van der Waals surface area contributed by atoms with E-state index in [-0.39, 0.29) is 16.2 Å². The van der Waals surface area contributed by atoms with Gasteiger partial charge in [0.25, 0.3) is 0 Å². The van der Waals surface area contributed by atoms with Crippen LogP contribution in [0, 0.1) is 6.92 Å². The van der Waals surface area contributed by atoms with Gasteiger partial charge in [-0.1, -0.05) is 58.7 Å². The summed E-state index contributed by atoms with van der Waals surface area (Å²) in [6, 6.07) is 19.6. The van der Waals surface area contributed by atoms with E-state index in [9.17, 15) is 13.2 Å². The molecule has 0 aromatic heterocycles. The Balaban J connectivity index is 1.55. The first-order valence-corrected chi connectivity index (χ1v) is 11.0. The van der Waals surface area contributed by atoms with Crippen LogP contribution in [0.25, 0.3) is 6.08 Å². The van der Waals surface area contributed by atoms with Gasteiger partial charge in [0, 0.05) is 10.6 Å². The number of hydrogen-bond acceptors (Lipinski definition) is 6. The molecule has 3 aromatic rings. The molecule has 6 nitrogen and oxygen atoms in total. The van der Waals surface area contributed by atoms with Crippen molar-refractivity contribution in [2.24, 2.45) is 5.16 Å². The molecule has 0 saturated heterocycles. The summed E-state index contributed by atoms with van der Waals surface area (Å²) in [7, 11) is -3.94. The van der Waals surface area contributed by atoms with Gasteiger partial charge in [0.05, 0.1) is 5.57 Å². The van der Waals surface area contributed by atoms with Crippen LogP contribution in [0.4, 0.5) is 0 Å². The topological polar surface area (TPSA) is 82.0 Å². The summed E-state index contributed by atoms with van der Waals surface area (Å²) in [4.78, 5) is 17.0. The standard InChI is InChI=1S/C23H16ClNO5S/c1-15-2-12-20(13-3-15)31(27,28)30-19-10-4-16(5-11-19)14-21-22(25-29-23(21)26)17-6-8-18(24)9-7-17/h2-14H,1H3/b21-14+. The van der Waals surface area contributed by atoms with Crippen molar-refractivity contribution in [3.8, 4) is 5.75 Å². The highest BCUT2D eigenvalue weighted by Gasteiger charge is 2.26. The van der Waals surface area contributed by atoms with E-state index in [2.05, 4.69) is 5.16 Å². The summed E-state index contributed by atoms with van der Waals surface area (Å²) < 4.78 is 30.0. The summed E-state index contributed by atoms with van der Waals surface area (Å²) >= 11 is 5.91. The Morgan fingerprint density at radius 1 is 0.935 bits per heavy atom. The Hall–Kier alpha value is -3.42. The zero-order valence-corrected chi connectivity index (χ0v) is 17.9. The number of carbonyl (C=O) groups is 1. The predicted octanol–water partition coefficient (Wildman–Crippen LogP) is 4.76. The van der Waals surface area contributed by atoms with E-state index in [1.54, 1.807) is 54.6 Å². The lowest BCUT2D eigenvalue weighted by atomic mass is 10.0. The SMILES string of the molecule is Cc1ccc(S(=O)(=O)Oc2ccc(/C=C3/C(=O)ON=C3c3ccc(Cl)cc3)cc2)cc1. The Bertz CT molecular complexity index is 1290. The Kier molecular flexibility index (Phi) is 5.63. The Morgan fingerprint density at radius 3 is 2.23 bits per heavy atom. The first kappa shape index (κ1) is 20.8. The van der Waals surface area contributed by atoms with Crippen molar-refractivity contribution >= 4 is 39.5 Å². The number of benzene rings is 3. The summed E-state index contributed by atoms with van der Waals surface area (Å²) in [5.41, 5.74) is 2.96. The van der Waals surface area contributed by atoms with Gasteiger partial charge in [-0.15, -0.1) is 0 Å². The maximum atomic E-state index is 12.4. The van der Waals surface area contributed by atoms with Crippen LogP contribution in [-0.2, 0) is 19.8 Å². The molecule has 0 N–H and O–H groups in total. The molecule has 3 aromatic carbocycles. The molecule has 0 aliphatic carbocycles. The van der Waals surface area contributed by atoms with E-state index >= 15 is 0 Å². The molecule has 0 bridgehead atoms. The van der Waals surface area contributed by atoms with Crippen molar-refractivity contribution in [2.45, 2.75) is 11.8 Å². The van der Waals surface area contributed by atoms with Gasteiger partial charge in [-0.2, -0.15) is 8.42 Å². The van der Waals surface area contributed by atoms with Crippen molar-refractivity contribution in [3.05, 3.63) is 100 Å². The first-order valence-electron chi connectivity index (χ1n) is 9.20. The monoisotopic (exact) mass is 453 g/mol. The quantitative estimate of drug-likeness (QED) is 0.316. The van der Waals surface area contributed by atoms with E-state index in [0.29, 0.717) is 21.9 Å². The summed E-state index contributed by atoms with van der Waals surface area (Å²) in [5, 5.41) is 4.42. The van der Waals surface area contributed by atoms with Crippen LogP contribution in [0.2, 0.25) is 5.02 Å². The third-order valence-electron chi connectivity index (χ3n) is 4.52. The number of rotatable bonds is 5. The van der Waals surface area contributed by atoms with Gasteiger partial charge in [-0.25, -0.2) is 4.79 Å². The van der Waals surface area contributed by atoms with Gasteiger partial charge in [-0.05, 0) is 55.0 Å². The smallest absolute Gasteiger partial charge is 0.368 e. The molecule has 0 spiro atoms. The largest absolute Gasteiger partial charge is 0.379 e. The fourth-order valence-electron chi connectivity index (χ4n) is 2.89. The van der Waals surface area contributed by atoms with Crippen LogP contribution in [0.5, 0.6) is 5.75 Å². The van der Waals surface area contributed by atoms with Crippen molar-refractivity contribution in [1.29, 1.82) is 0 Å². The number of aryl methyl sites for hydroxylation is 1. The van der Waals surface area contributed by atoms with Gasteiger partial charge in [0.2, 0.25) is 0 Å². The number of nitrogens with zero attached hydrogens (tertiary/aromatic N) is 1. The fourth-order valence-corrected chi connectivity index (χ4v) is 3.95. The van der Waals surface area contributed by atoms with Crippen LogP contribution in [-0.4, -0.2) is 20.1 Å². The van der Waals surface area contributed by atoms with Gasteiger partial charge in [-0.3, -0.25) is 0 Å². The highest BCUT2D eigenvalue weighted by molar-refractivity contribution is 7.87. The Morgan fingerprint density at radius 2 is 1.58 bits per heavy atom. The van der Waals surface area contributed by atoms with Gasteiger partial charge < -0.3 is 9.02 Å². The lowest BCUT2D eigenvalue weighted by Gasteiger charge is -2.07. The molecule has 1 heterocycles. The highest BCUT2D eigenvalue weighted by atomic mass is 35.5. The minimum absolute atomic E-state index is 0.0711. The average molecular weight is 454 g/mol. The van der Waals surface area contributed by atoms with E-state index in [4.69, 9.17) is 20.6 Å². The zero-order valence-electron chi connectivity index (χ0n) is 16.3. The molecule has 31 heavy (non-hydrogen) atoms. The molecule has 0 fully saturated rings. The van der Waals surface area contributed by atoms with Gasteiger partial charge in [0.1, 0.15) is 16.4 Å². The molecule has 0 radical (unpaired) electrons. The second kappa shape index (κ2) is 8.37. The maximum Gasteiger partial charge on any atom is 0.368 e. The fraction of sp³-hybridized carbons (Fsp3) is 0.0435. The van der Waals surface area contributed by atoms with Gasteiger partial charge >= 0.3 is 16.1 Å². The third-order valence-corrected chi connectivity index (χ3v) is 6.03. The number of hydrogen-bond donors (Lipinski definition) is 0. The van der Waals surface area contributed by atoms with Crippen molar-refractivity contribution < 1.29 is 22.2 Å². The third kappa shape index (κ3) is 4.68. The number of carbonyl (C=O) groups excluding carboxylic acids is 1. The number of oxime groups is 1. The van der Waals surface area contributed by atoms with E-state index in [1.165, 1.54) is 24.3 Å². The zero-order chi connectivity index (χ0) is 22.0. The maximum absolute atomic E-state index is 12.4. The molecule has 4 rings (SSSR count). The molecule has 8 heteroatoms. The van der Waals surface area contributed by atoms with Crippen LogP contribution in [0.15, 0.2) is 88.4 Å². The van der Waals surface area contributed by atoms with Crippen molar-refractivity contribution in [1.82, 2.24) is 0 Å². The van der Waals surface area contributed by atoms with Crippen molar-refractivity contribution in [2.75, 3.05) is 0 Å². The Labute approximate surface area is 184 Å². The minimum atomic E-state index is -3.94. The first-order chi connectivity index (χ1) is 14.8. The normalized spacial score (nSPS) is 15.0. The molecular weight excluding hydrogens is 438 g/mol. The molecular formula is C23H16ClNO5S. The summed E-state index contributed by atoms with van der Waals surface area (Å²) in [6.07, 6.45) is 1.61. The molecule has 0 saturated carbocycles. The molecule has 0 amide bonds. The van der Waals surface area contributed by atoms with Crippen LogP contribution in [0.1, 0.15) is 16.7 Å². The average Bonchev–Trinajstić information content (AvgIpc) is 3.10. The van der Waals surface area contributed by atoms with Crippen LogP contribution in [0.3, 0.4) is 0 Å². The highest BCUT2D eigenvalue weighted by Crippen LogP contribution is 2.24. The van der Waals surface area contributed by atoms with Gasteiger partial charge in [0.15, 0.2) is 0 Å². The predicted molar refractivity (Wildman–Crippen MR) is 117 cm³/mol. The van der Waals surface area contributed by atoms with Crippen LogP contribution < -0.4 is 4.18 Å². The molecule has 1 aliphatic rings. The lowest BCUT2D eigenvalue weighted by Crippen LogP contribution is -2.09. The molecule has 156 valence electrons. The van der Waals surface area contributed by atoms with E-state index in [0.717, 1.165) is 5.56 Å². The number of halogens is 1. The summed E-state index contributed by atoms with van der Waals surface area (Å²) in [6.45, 7) is 1.87. The van der Waals surface area contributed by atoms with Crippen molar-refractivity contribution in [3.63, 3.8) is 0 Å². The van der Waals surface area contributed by atoms with E-state index < -0.39 is 16.1 Å². The van der Waals surface area contributed by atoms with Crippen LogP contribution >= 0.6 is 11.6 Å². The molecule has 0 atom stereocenters. The lowest BCUT2D eigenvalue weighted by molar-refractivity contribution is -0.136. The van der Waals surface area contributed by atoms with E-state index in [1.807, 2.05) is 6.92 Å². The summed E-state index contributed by atoms with van der Waals surface area (Å²) in [5.74, 6) is -0.421. The minimum Gasteiger partial charge on any atom is -0.379 e. The molecule has 1 aliphatic heterocycles.